The van der Waals surface area contributed by atoms with Crippen molar-refractivity contribution in [3.05, 3.63) is 59.1 Å². The van der Waals surface area contributed by atoms with Crippen LogP contribution in [-0.2, 0) is 20.9 Å². The Kier molecular flexibility index (Phi) is 6.04. The molecule has 0 bridgehead atoms. The normalized spacial score (nSPS) is 19.3. The van der Waals surface area contributed by atoms with E-state index in [1.165, 1.54) is 0 Å². The van der Waals surface area contributed by atoms with Crippen LogP contribution >= 0.6 is 11.6 Å². The Bertz CT molecular complexity index is 960. The van der Waals surface area contributed by atoms with E-state index in [2.05, 4.69) is 5.32 Å². The average Bonchev–Trinajstić information content (AvgIpc) is 3.14. The molecule has 6 nitrogen and oxygen atoms in total. The Morgan fingerprint density at radius 1 is 1.00 bits per heavy atom. The number of benzene rings is 2. The average molecular weight is 426 g/mol. The minimum atomic E-state index is -0.687. The van der Waals surface area contributed by atoms with Crippen molar-refractivity contribution in [3.63, 3.8) is 0 Å². The number of rotatable bonds is 5. The molecule has 0 spiro atoms. The van der Waals surface area contributed by atoms with Crippen molar-refractivity contribution < 1.29 is 14.4 Å². The fourth-order valence-corrected chi connectivity index (χ4v) is 4.15. The number of nitrogens with zero attached hydrogens (tertiary/aromatic N) is 2. The highest BCUT2D eigenvalue weighted by molar-refractivity contribution is 6.30. The van der Waals surface area contributed by atoms with E-state index in [9.17, 15) is 14.4 Å². The van der Waals surface area contributed by atoms with E-state index in [0.717, 1.165) is 36.3 Å². The molecule has 30 heavy (non-hydrogen) atoms. The first-order valence-corrected chi connectivity index (χ1v) is 10.6. The molecular formula is C23H24ClN3O3. The Labute approximate surface area is 180 Å². The SMILES string of the molecule is O=C(NCc1cccc(N2CCCCC2=O)c1)C1CCN(c2ccc(Cl)cc2)C1=O. The lowest BCUT2D eigenvalue weighted by atomic mass is 10.1. The van der Waals surface area contributed by atoms with Gasteiger partial charge in [0.15, 0.2) is 0 Å². The highest BCUT2D eigenvalue weighted by Crippen LogP contribution is 2.27. The third kappa shape index (κ3) is 4.33. The van der Waals surface area contributed by atoms with E-state index in [1.807, 2.05) is 24.3 Å². The molecule has 0 aromatic heterocycles. The smallest absolute Gasteiger partial charge is 0.239 e. The van der Waals surface area contributed by atoms with E-state index in [1.54, 1.807) is 34.1 Å². The molecule has 1 N–H and O–H groups in total. The van der Waals surface area contributed by atoms with Crippen LogP contribution < -0.4 is 15.1 Å². The summed E-state index contributed by atoms with van der Waals surface area (Å²) in [6.07, 6.45) is 3.00. The predicted molar refractivity (Wildman–Crippen MR) is 116 cm³/mol. The van der Waals surface area contributed by atoms with Gasteiger partial charge in [-0.1, -0.05) is 23.7 Å². The van der Waals surface area contributed by atoms with Gasteiger partial charge in [0.2, 0.25) is 17.7 Å². The quantitative estimate of drug-likeness (QED) is 0.745. The van der Waals surface area contributed by atoms with Crippen molar-refractivity contribution in [1.29, 1.82) is 0 Å². The molecule has 2 aromatic carbocycles. The highest BCUT2D eigenvalue weighted by Gasteiger charge is 2.37. The summed E-state index contributed by atoms with van der Waals surface area (Å²) in [6, 6.07) is 14.7. The second-order valence-electron chi connectivity index (χ2n) is 7.70. The molecule has 4 rings (SSSR count). The van der Waals surface area contributed by atoms with Crippen LogP contribution in [0.5, 0.6) is 0 Å². The summed E-state index contributed by atoms with van der Waals surface area (Å²) in [6.45, 7) is 1.55. The van der Waals surface area contributed by atoms with Crippen molar-refractivity contribution in [3.8, 4) is 0 Å². The van der Waals surface area contributed by atoms with Crippen LogP contribution in [0.2, 0.25) is 5.02 Å². The van der Waals surface area contributed by atoms with Crippen LogP contribution in [0.3, 0.4) is 0 Å². The molecule has 1 unspecified atom stereocenters. The molecule has 3 amide bonds. The van der Waals surface area contributed by atoms with Gasteiger partial charge in [-0.3, -0.25) is 14.4 Å². The fourth-order valence-electron chi connectivity index (χ4n) is 4.03. The summed E-state index contributed by atoms with van der Waals surface area (Å²) < 4.78 is 0. The standard InChI is InChI=1S/C23H24ClN3O3/c24-17-7-9-18(10-8-17)27-13-11-20(23(27)30)22(29)25-15-16-4-3-5-19(14-16)26-12-2-1-6-21(26)28/h3-5,7-10,14,20H,1-2,6,11-13,15H2,(H,25,29). The zero-order valence-corrected chi connectivity index (χ0v) is 17.4. The lowest BCUT2D eigenvalue weighted by molar-refractivity contribution is -0.132. The van der Waals surface area contributed by atoms with Gasteiger partial charge in [-0.2, -0.15) is 0 Å². The first-order chi connectivity index (χ1) is 14.5. The van der Waals surface area contributed by atoms with Crippen molar-refractivity contribution in [2.45, 2.75) is 32.2 Å². The number of amides is 3. The molecule has 2 heterocycles. The zero-order chi connectivity index (χ0) is 21.1. The maximum atomic E-state index is 12.7. The number of hydrogen-bond donors (Lipinski definition) is 1. The summed E-state index contributed by atoms with van der Waals surface area (Å²) in [5, 5.41) is 3.49. The number of carbonyl (C=O) groups excluding carboxylic acids is 3. The summed E-state index contributed by atoms with van der Waals surface area (Å²) in [5.41, 5.74) is 2.51. The van der Waals surface area contributed by atoms with Crippen LogP contribution in [-0.4, -0.2) is 30.8 Å². The van der Waals surface area contributed by atoms with E-state index in [4.69, 9.17) is 11.6 Å². The molecular weight excluding hydrogens is 402 g/mol. The van der Waals surface area contributed by atoms with Crippen LogP contribution in [0.15, 0.2) is 48.5 Å². The highest BCUT2D eigenvalue weighted by atomic mass is 35.5. The summed E-state index contributed by atoms with van der Waals surface area (Å²) in [5.74, 6) is -1.01. The van der Waals surface area contributed by atoms with Crippen molar-refractivity contribution >= 4 is 40.7 Å². The lowest BCUT2D eigenvalue weighted by Gasteiger charge is -2.27. The van der Waals surface area contributed by atoms with Crippen molar-refractivity contribution in [2.24, 2.45) is 5.92 Å². The Morgan fingerprint density at radius 2 is 1.80 bits per heavy atom. The minimum absolute atomic E-state index is 0.140. The maximum Gasteiger partial charge on any atom is 0.239 e. The van der Waals surface area contributed by atoms with Gasteiger partial charge >= 0.3 is 0 Å². The monoisotopic (exact) mass is 425 g/mol. The molecule has 1 atom stereocenters. The topological polar surface area (TPSA) is 69.7 Å². The Morgan fingerprint density at radius 3 is 2.57 bits per heavy atom. The number of anilines is 2. The number of halogens is 1. The summed E-state index contributed by atoms with van der Waals surface area (Å²) in [4.78, 5) is 41.0. The molecule has 156 valence electrons. The van der Waals surface area contributed by atoms with Crippen LogP contribution in [0.4, 0.5) is 11.4 Å². The van der Waals surface area contributed by atoms with Gasteiger partial charge in [-0.25, -0.2) is 0 Å². The summed E-state index contributed by atoms with van der Waals surface area (Å²) >= 11 is 5.91. The van der Waals surface area contributed by atoms with E-state index < -0.39 is 5.92 Å². The molecule has 0 aliphatic carbocycles. The molecule has 7 heteroatoms. The number of carbonyl (C=O) groups is 3. The first kappa shape index (κ1) is 20.4. The largest absolute Gasteiger partial charge is 0.351 e. The second-order valence-corrected chi connectivity index (χ2v) is 8.13. The van der Waals surface area contributed by atoms with E-state index in [0.29, 0.717) is 31.0 Å². The second kappa shape index (κ2) is 8.88. The maximum absolute atomic E-state index is 12.7. The predicted octanol–water partition coefficient (Wildman–Crippen LogP) is 3.53. The van der Waals surface area contributed by atoms with Crippen LogP contribution in [0, 0.1) is 5.92 Å². The van der Waals surface area contributed by atoms with Gasteiger partial charge < -0.3 is 15.1 Å². The molecule has 0 saturated carbocycles. The number of piperidine rings is 1. The molecule has 0 radical (unpaired) electrons. The van der Waals surface area contributed by atoms with Gasteiger partial charge in [0.05, 0.1) is 0 Å². The third-order valence-corrected chi connectivity index (χ3v) is 5.92. The number of nitrogens with one attached hydrogen (secondary N) is 1. The van der Waals surface area contributed by atoms with Gasteiger partial charge in [0, 0.05) is 42.5 Å². The third-order valence-electron chi connectivity index (χ3n) is 5.67. The van der Waals surface area contributed by atoms with Crippen LogP contribution in [0.25, 0.3) is 0 Å². The number of hydrogen-bond acceptors (Lipinski definition) is 3. The van der Waals surface area contributed by atoms with Gasteiger partial charge in [0.25, 0.3) is 0 Å². The van der Waals surface area contributed by atoms with Gasteiger partial charge in [-0.05, 0) is 61.2 Å². The van der Waals surface area contributed by atoms with Crippen molar-refractivity contribution in [2.75, 3.05) is 22.9 Å². The molecule has 2 aromatic rings. The molecule has 2 aliphatic heterocycles. The first-order valence-electron chi connectivity index (χ1n) is 10.3. The fraction of sp³-hybridized carbons (Fsp3) is 0.348. The van der Waals surface area contributed by atoms with E-state index in [-0.39, 0.29) is 17.7 Å². The molecule has 2 aliphatic rings. The molecule has 2 fully saturated rings. The lowest BCUT2D eigenvalue weighted by Crippen LogP contribution is -2.37. The van der Waals surface area contributed by atoms with E-state index >= 15 is 0 Å². The summed E-state index contributed by atoms with van der Waals surface area (Å²) in [7, 11) is 0. The van der Waals surface area contributed by atoms with Gasteiger partial charge in [-0.15, -0.1) is 0 Å². The van der Waals surface area contributed by atoms with Gasteiger partial charge in [0.1, 0.15) is 5.92 Å². The van der Waals surface area contributed by atoms with Crippen LogP contribution in [0.1, 0.15) is 31.2 Å². The Balaban J connectivity index is 1.37. The Hall–Kier alpha value is -2.86. The van der Waals surface area contributed by atoms with Crippen molar-refractivity contribution in [1.82, 2.24) is 5.32 Å². The zero-order valence-electron chi connectivity index (χ0n) is 16.6. The minimum Gasteiger partial charge on any atom is -0.351 e. The molecule has 2 saturated heterocycles.